The maximum Gasteiger partial charge on any atom is 0.266 e. The first-order valence-corrected chi connectivity index (χ1v) is 8.26. The Bertz CT molecular complexity index is 827. The molecule has 0 spiro atoms. The van der Waals surface area contributed by atoms with Crippen LogP contribution in [-0.4, -0.2) is 19.4 Å². The van der Waals surface area contributed by atoms with Crippen LogP contribution in [0, 0.1) is 6.92 Å². The molecule has 120 valence electrons. The summed E-state index contributed by atoms with van der Waals surface area (Å²) in [4.78, 5) is 13.7. The van der Waals surface area contributed by atoms with Crippen molar-refractivity contribution >= 4 is 22.0 Å². The van der Waals surface area contributed by atoms with Crippen LogP contribution in [0.25, 0.3) is 6.08 Å². The number of phenolic OH excluding ortho intramolecular Hbond substituents is 1. The van der Waals surface area contributed by atoms with E-state index in [1.54, 1.807) is 12.1 Å². The molecule has 6 nitrogen and oxygen atoms in total. The average Bonchev–Trinajstić information content (AvgIpc) is 2.52. The Kier molecular flexibility index (Phi) is 5.15. The molecule has 0 bridgehead atoms. The second kappa shape index (κ2) is 7.08. The van der Waals surface area contributed by atoms with E-state index in [0.29, 0.717) is 0 Å². The topological polar surface area (TPSA) is 95.5 Å². The summed E-state index contributed by atoms with van der Waals surface area (Å²) in [6.45, 7) is 1.93. The van der Waals surface area contributed by atoms with E-state index < -0.39 is 15.9 Å². The number of phenols is 1. The standard InChI is InChI=1S/C16H16N2O4S/c1-12-5-7-13(8-6-12)9-10-23(21,22)18-17-16(20)14-3-2-4-15(19)11-14/h2-11,18-19H,1H3,(H,17,20)/b10-9+. The Morgan fingerprint density at radius 2 is 1.83 bits per heavy atom. The van der Waals surface area contributed by atoms with Gasteiger partial charge in [-0.2, -0.15) is 0 Å². The van der Waals surface area contributed by atoms with Crippen molar-refractivity contribution in [3.8, 4) is 5.75 Å². The number of benzene rings is 2. The molecule has 0 fully saturated rings. The maximum atomic E-state index is 11.8. The highest BCUT2D eigenvalue weighted by Gasteiger charge is 2.10. The number of aryl methyl sites for hydroxylation is 1. The molecule has 0 atom stereocenters. The lowest BCUT2D eigenvalue weighted by molar-refractivity contribution is 0.0945. The first-order valence-electron chi connectivity index (χ1n) is 6.72. The van der Waals surface area contributed by atoms with Gasteiger partial charge in [-0.15, -0.1) is 4.83 Å². The van der Waals surface area contributed by atoms with Gasteiger partial charge in [0.2, 0.25) is 0 Å². The SMILES string of the molecule is Cc1ccc(/C=C/S(=O)(=O)NNC(=O)c2cccc(O)c2)cc1. The molecule has 0 radical (unpaired) electrons. The van der Waals surface area contributed by atoms with Crippen LogP contribution in [0.1, 0.15) is 21.5 Å². The van der Waals surface area contributed by atoms with E-state index >= 15 is 0 Å². The van der Waals surface area contributed by atoms with Gasteiger partial charge in [0.25, 0.3) is 15.9 Å². The van der Waals surface area contributed by atoms with Crippen molar-refractivity contribution in [1.82, 2.24) is 10.3 Å². The van der Waals surface area contributed by atoms with Gasteiger partial charge in [-0.3, -0.25) is 10.2 Å². The molecule has 0 aliphatic carbocycles. The van der Waals surface area contributed by atoms with Gasteiger partial charge in [0, 0.05) is 11.0 Å². The summed E-state index contributed by atoms with van der Waals surface area (Å²) in [5, 5.41) is 10.2. The van der Waals surface area contributed by atoms with E-state index in [0.717, 1.165) is 16.5 Å². The average molecular weight is 332 g/mol. The number of amides is 1. The van der Waals surface area contributed by atoms with Crippen molar-refractivity contribution in [2.75, 3.05) is 0 Å². The van der Waals surface area contributed by atoms with Crippen LogP contribution in [0.4, 0.5) is 0 Å². The van der Waals surface area contributed by atoms with Gasteiger partial charge < -0.3 is 5.11 Å². The molecule has 0 aliphatic heterocycles. The van der Waals surface area contributed by atoms with Crippen LogP contribution in [-0.2, 0) is 10.0 Å². The Hall–Kier alpha value is -2.64. The van der Waals surface area contributed by atoms with Crippen molar-refractivity contribution in [2.24, 2.45) is 0 Å². The molecule has 0 aromatic heterocycles. The summed E-state index contributed by atoms with van der Waals surface area (Å²) in [5.41, 5.74) is 4.00. The zero-order chi connectivity index (χ0) is 16.9. The number of carbonyl (C=O) groups is 1. The zero-order valence-electron chi connectivity index (χ0n) is 12.4. The third kappa shape index (κ3) is 5.24. The largest absolute Gasteiger partial charge is 0.508 e. The molecule has 1 amide bonds. The number of rotatable bonds is 5. The molecule has 0 aliphatic rings. The Labute approximate surface area is 134 Å². The molecule has 0 saturated heterocycles. The van der Waals surface area contributed by atoms with Crippen molar-refractivity contribution in [2.45, 2.75) is 6.92 Å². The number of nitrogens with one attached hydrogen (secondary N) is 2. The lowest BCUT2D eigenvalue weighted by Gasteiger charge is -2.06. The highest BCUT2D eigenvalue weighted by molar-refractivity contribution is 7.92. The minimum atomic E-state index is -3.83. The Morgan fingerprint density at radius 1 is 1.13 bits per heavy atom. The fourth-order valence-corrected chi connectivity index (χ4v) is 2.36. The molecule has 2 aromatic rings. The third-order valence-electron chi connectivity index (χ3n) is 2.93. The zero-order valence-corrected chi connectivity index (χ0v) is 13.2. The fraction of sp³-hybridized carbons (Fsp3) is 0.0625. The van der Waals surface area contributed by atoms with Gasteiger partial charge in [0.05, 0.1) is 0 Å². The summed E-state index contributed by atoms with van der Waals surface area (Å²) in [6.07, 6.45) is 1.42. The van der Waals surface area contributed by atoms with Crippen LogP contribution in [0.5, 0.6) is 5.75 Å². The first kappa shape index (κ1) is 16.7. The number of hydrogen-bond donors (Lipinski definition) is 3. The van der Waals surface area contributed by atoms with Gasteiger partial charge in [-0.1, -0.05) is 35.9 Å². The molecule has 23 heavy (non-hydrogen) atoms. The van der Waals surface area contributed by atoms with Gasteiger partial charge in [0.15, 0.2) is 0 Å². The number of sulfonamides is 1. The minimum Gasteiger partial charge on any atom is -0.508 e. The van der Waals surface area contributed by atoms with Crippen LogP contribution in [0.2, 0.25) is 0 Å². The Morgan fingerprint density at radius 3 is 2.48 bits per heavy atom. The van der Waals surface area contributed by atoms with Crippen molar-refractivity contribution in [3.63, 3.8) is 0 Å². The predicted molar refractivity (Wildman–Crippen MR) is 87.8 cm³/mol. The summed E-state index contributed by atoms with van der Waals surface area (Å²) in [6, 6.07) is 12.9. The van der Waals surface area contributed by atoms with Crippen LogP contribution in [0.3, 0.4) is 0 Å². The molecule has 2 aromatic carbocycles. The maximum absolute atomic E-state index is 11.8. The van der Waals surface area contributed by atoms with E-state index in [4.69, 9.17) is 0 Å². The van der Waals surface area contributed by atoms with Crippen LogP contribution >= 0.6 is 0 Å². The van der Waals surface area contributed by atoms with Crippen molar-refractivity contribution in [1.29, 1.82) is 0 Å². The number of hydrogen-bond acceptors (Lipinski definition) is 4. The van der Waals surface area contributed by atoms with E-state index in [1.807, 2.05) is 23.9 Å². The number of hydrazine groups is 1. The van der Waals surface area contributed by atoms with Crippen LogP contribution < -0.4 is 10.3 Å². The molecular formula is C16H16N2O4S. The van der Waals surface area contributed by atoms with Crippen molar-refractivity contribution < 1.29 is 18.3 Å². The quantitative estimate of drug-likeness (QED) is 0.729. The summed E-state index contributed by atoms with van der Waals surface area (Å²) >= 11 is 0. The second-order valence-corrected chi connectivity index (χ2v) is 6.43. The smallest absolute Gasteiger partial charge is 0.266 e. The summed E-state index contributed by atoms with van der Waals surface area (Å²) < 4.78 is 23.6. The van der Waals surface area contributed by atoms with Gasteiger partial charge >= 0.3 is 0 Å². The van der Waals surface area contributed by atoms with E-state index in [-0.39, 0.29) is 11.3 Å². The molecular weight excluding hydrogens is 316 g/mol. The van der Waals surface area contributed by atoms with E-state index in [9.17, 15) is 18.3 Å². The minimum absolute atomic E-state index is 0.0835. The fourth-order valence-electron chi connectivity index (χ4n) is 1.72. The normalized spacial score (nSPS) is 11.5. The lowest BCUT2D eigenvalue weighted by atomic mass is 10.2. The predicted octanol–water partition coefficient (Wildman–Crippen LogP) is 1.94. The third-order valence-corrected chi connectivity index (χ3v) is 3.81. The molecule has 3 N–H and O–H groups in total. The highest BCUT2D eigenvalue weighted by atomic mass is 32.2. The molecule has 0 saturated carbocycles. The first-order chi connectivity index (χ1) is 10.9. The van der Waals surface area contributed by atoms with E-state index in [1.165, 1.54) is 30.3 Å². The number of aromatic hydroxyl groups is 1. The highest BCUT2D eigenvalue weighted by Crippen LogP contribution is 2.10. The summed E-state index contributed by atoms with van der Waals surface area (Å²) in [5.74, 6) is -0.756. The van der Waals surface area contributed by atoms with Gasteiger partial charge in [-0.05, 0) is 36.8 Å². The van der Waals surface area contributed by atoms with E-state index in [2.05, 4.69) is 5.43 Å². The monoisotopic (exact) mass is 332 g/mol. The molecule has 7 heteroatoms. The van der Waals surface area contributed by atoms with Crippen molar-refractivity contribution in [3.05, 3.63) is 70.6 Å². The molecule has 0 unspecified atom stereocenters. The Balaban J connectivity index is 1.98. The van der Waals surface area contributed by atoms with Crippen LogP contribution in [0.15, 0.2) is 53.9 Å². The number of carbonyl (C=O) groups excluding carboxylic acids is 1. The molecule has 0 heterocycles. The molecule has 2 rings (SSSR count). The van der Waals surface area contributed by atoms with Gasteiger partial charge in [-0.25, -0.2) is 8.42 Å². The lowest BCUT2D eigenvalue weighted by Crippen LogP contribution is -2.40. The summed E-state index contributed by atoms with van der Waals surface area (Å²) in [7, 11) is -3.83. The van der Waals surface area contributed by atoms with Gasteiger partial charge in [0.1, 0.15) is 5.75 Å². The second-order valence-electron chi connectivity index (χ2n) is 4.86.